The van der Waals surface area contributed by atoms with Crippen LogP contribution in [-0.4, -0.2) is 37.1 Å². The molecule has 0 spiro atoms. The molecule has 2 heterocycles. The fraction of sp³-hybridized carbons (Fsp3) is 0.292. The lowest BCUT2D eigenvalue weighted by Gasteiger charge is -2.18. The number of carbonyl (C=O) groups is 2. The molecule has 3 rings (SSSR count). The molecule has 0 aliphatic carbocycles. The number of thioether (sulfide) groups is 1. The van der Waals surface area contributed by atoms with E-state index < -0.39 is 29.7 Å². The minimum absolute atomic E-state index is 0.0991. The Balaban J connectivity index is 1.92. The number of rotatable bonds is 8. The second-order valence-corrected chi connectivity index (χ2v) is 9.25. The molecule has 1 aromatic carbocycles. The molecule has 1 amide bonds. The molecule has 1 aliphatic heterocycles. The molecule has 170 valence electrons. The second-order valence-electron chi connectivity index (χ2n) is 7.58. The quantitative estimate of drug-likeness (QED) is 0.263. The normalized spacial score (nSPS) is 14.7. The molecule has 1 fully saturated rings. The number of aromatic hydroxyl groups is 1. The Morgan fingerprint density at radius 1 is 1.24 bits per heavy atom. The Kier molecular flexibility index (Phi) is 7.84. The molecule has 1 aromatic heterocycles. The fourth-order valence-corrected chi connectivity index (χ4v) is 4.83. The Morgan fingerprint density at radius 2 is 1.94 bits per heavy atom. The number of hydrogen-bond donors (Lipinski definition) is 1. The first-order valence-electron chi connectivity index (χ1n) is 10.5. The summed E-state index contributed by atoms with van der Waals surface area (Å²) in [6, 6.07) is 11.1. The van der Waals surface area contributed by atoms with Gasteiger partial charge >= 0.3 is 0 Å². The molecule has 1 N–H and O–H groups in total. The predicted octanol–water partition coefficient (Wildman–Crippen LogP) is 4.01. The first-order valence-corrected chi connectivity index (χ1v) is 11.7. The first-order chi connectivity index (χ1) is 15.8. The summed E-state index contributed by atoms with van der Waals surface area (Å²) in [5.74, 6) is -1.48. The number of thiocarbonyl (C=S) groups is 1. The molecular weight excluding hydrogens is 458 g/mol. The number of benzene rings is 1. The average Bonchev–Trinajstić information content (AvgIpc) is 3.04. The molecule has 0 saturated carbocycles. The van der Waals surface area contributed by atoms with Crippen LogP contribution >= 0.6 is 24.0 Å². The van der Waals surface area contributed by atoms with Gasteiger partial charge in [0.15, 0.2) is 5.78 Å². The molecule has 0 radical (unpaired) electrons. The Labute approximate surface area is 201 Å². The third-order valence-electron chi connectivity index (χ3n) is 5.34. The maximum Gasteiger partial charge on any atom is 0.271 e. The standard InChI is InChI=1S/C24H23N3O4S2/c1-3-4-8-11-26-21(29)17(13-25)15(2)20(23(26)31)18(28)14-27-22(30)19(33-24(27)32)12-16-9-6-5-7-10-16/h5-7,9-10,12,31H,3-4,8,11,14H2,1-2H3/b19-12-. The Hall–Kier alpha value is -3.22. The van der Waals surface area contributed by atoms with E-state index in [1.807, 2.05) is 43.3 Å². The number of amides is 1. The van der Waals surface area contributed by atoms with E-state index in [0.717, 1.165) is 34.7 Å². The average molecular weight is 482 g/mol. The molecule has 1 aliphatic rings. The van der Waals surface area contributed by atoms with Crippen LogP contribution in [0.5, 0.6) is 5.88 Å². The van der Waals surface area contributed by atoms with Gasteiger partial charge in [-0.05, 0) is 30.5 Å². The minimum Gasteiger partial charge on any atom is -0.494 e. The van der Waals surface area contributed by atoms with Crippen LogP contribution in [0, 0.1) is 18.3 Å². The summed E-state index contributed by atoms with van der Waals surface area (Å²) in [7, 11) is 0. The third kappa shape index (κ3) is 5.07. The number of ketones is 1. The van der Waals surface area contributed by atoms with Crippen LogP contribution in [0.3, 0.4) is 0 Å². The lowest BCUT2D eigenvalue weighted by molar-refractivity contribution is -0.121. The molecule has 33 heavy (non-hydrogen) atoms. The highest BCUT2D eigenvalue weighted by Gasteiger charge is 2.35. The van der Waals surface area contributed by atoms with Crippen molar-refractivity contribution in [3.05, 3.63) is 67.8 Å². The van der Waals surface area contributed by atoms with Gasteiger partial charge in [0.05, 0.1) is 17.0 Å². The second kappa shape index (κ2) is 10.6. The molecule has 0 bridgehead atoms. The molecule has 0 atom stereocenters. The summed E-state index contributed by atoms with van der Waals surface area (Å²) in [6.45, 7) is 3.24. The zero-order valence-corrected chi connectivity index (χ0v) is 20.0. The van der Waals surface area contributed by atoms with Gasteiger partial charge in [-0.2, -0.15) is 5.26 Å². The third-order valence-corrected chi connectivity index (χ3v) is 6.71. The van der Waals surface area contributed by atoms with Crippen LogP contribution in [0.4, 0.5) is 0 Å². The van der Waals surface area contributed by atoms with Crippen LogP contribution in [0.2, 0.25) is 0 Å². The summed E-state index contributed by atoms with van der Waals surface area (Å²) in [6.07, 6.45) is 4.05. The van der Waals surface area contributed by atoms with E-state index >= 15 is 0 Å². The van der Waals surface area contributed by atoms with E-state index in [-0.39, 0.29) is 27.6 Å². The SMILES string of the molecule is CCCCCn1c(O)c(C(=O)CN2C(=O)/C(=C/c3ccccc3)SC2=S)c(C)c(C#N)c1=O. The molecular formula is C24H23N3O4S2. The van der Waals surface area contributed by atoms with Crippen molar-refractivity contribution < 1.29 is 14.7 Å². The van der Waals surface area contributed by atoms with E-state index in [4.69, 9.17) is 12.2 Å². The molecule has 7 nitrogen and oxygen atoms in total. The predicted molar refractivity (Wildman–Crippen MR) is 132 cm³/mol. The smallest absolute Gasteiger partial charge is 0.271 e. The molecule has 0 unspecified atom stereocenters. The lowest BCUT2D eigenvalue weighted by Crippen LogP contribution is -2.35. The van der Waals surface area contributed by atoms with Crippen LogP contribution < -0.4 is 5.56 Å². The Bertz CT molecular complexity index is 1240. The topological polar surface area (TPSA) is 103 Å². The van der Waals surface area contributed by atoms with Crippen molar-refractivity contribution in [2.45, 2.75) is 39.7 Å². The molecule has 1 saturated heterocycles. The van der Waals surface area contributed by atoms with Crippen molar-refractivity contribution >= 4 is 46.1 Å². The number of pyridine rings is 1. The van der Waals surface area contributed by atoms with Crippen molar-refractivity contribution in [1.82, 2.24) is 9.47 Å². The summed E-state index contributed by atoms with van der Waals surface area (Å²) < 4.78 is 1.29. The first kappa shape index (κ1) is 24.4. The van der Waals surface area contributed by atoms with Gasteiger partial charge in [0, 0.05) is 6.54 Å². The van der Waals surface area contributed by atoms with E-state index in [1.165, 1.54) is 11.8 Å². The Morgan fingerprint density at radius 3 is 2.58 bits per heavy atom. The van der Waals surface area contributed by atoms with Gasteiger partial charge in [-0.3, -0.25) is 23.9 Å². The van der Waals surface area contributed by atoms with Gasteiger partial charge in [-0.25, -0.2) is 0 Å². The largest absolute Gasteiger partial charge is 0.494 e. The van der Waals surface area contributed by atoms with Crippen LogP contribution in [-0.2, 0) is 11.3 Å². The number of carbonyl (C=O) groups excluding carboxylic acids is 2. The van der Waals surface area contributed by atoms with Gasteiger partial charge in [0.25, 0.3) is 11.5 Å². The van der Waals surface area contributed by atoms with Gasteiger partial charge < -0.3 is 5.11 Å². The zero-order chi connectivity index (χ0) is 24.1. The van der Waals surface area contributed by atoms with Gasteiger partial charge in [0.1, 0.15) is 16.0 Å². The highest BCUT2D eigenvalue weighted by Crippen LogP contribution is 2.33. The maximum atomic E-state index is 13.2. The van der Waals surface area contributed by atoms with Crippen molar-refractivity contribution in [1.29, 1.82) is 5.26 Å². The van der Waals surface area contributed by atoms with Gasteiger partial charge in [-0.15, -0.1) is 0 Å². The summed E-state index contributed by atoms with van der Waals surface area (Å²) >= 11 is 6.41. The lowest BCUT2D eigenvalue weighted by atomic mass is 10.0. The van der Waals surface area contributed by atoms with E-state index in [9.17, 15) is 24.8 Å². The maximum absolute atomic E-state index is 13.2. The van der Waals surface area contributed by atoms with Crippen LogP contribution in [0.15, 0.2) is 40.0 Å². The van der Waals surface area contributed by atoms with E-state index in [1.54, 1.807) is 6.08 Å². The number of unbranched alkanes of at least 4 members (excludes halogenated alkanes) is 2. The number of aromatic nitrogens is 1. The van der Waals surface area contributed by atoms with Crippen molar-refractivity contribution in [3.8, 4) is 11.9 Å². The van der Waals surface area contributed by atoms with E-state index in [2.05, 4.69) is 0 Å². The van der Waals surface area contributed by atoms with Crippen molar-refractivity contribution in [3.63, 3.8) is 0 Å². The number of nitriles is 1. The summed E-state index contributed by atoms with van der Waals surface area (Å²) in [5, 5.41) is 20.3. The van der Waals surface area contributed by atoms with E-state index in [0.29, 0.717) is 11.3 Å². The number of hydrogen-bond acceptors (Lipinski definition) is 7. The van der Waals surface area contributed by atoms with Crippen LogP contribution in [0.25, 0.3) is 6.08 Å². The molecule has 2 aromatic rings. The highest BCUT2D eigenvalue weighted by molar-refractivity contribution is 8.26. The fourth-order valence-electron chi connectivity index (χ4n) is 3.57. The summed E-state index contributed by atoms with van der Waals surface area (Å²) in [4.78, 5) is 40.3. The van der Waals surface area contributed by atoms with Crippen molar-refractivity contribution in [2.24, 2.45) is 0 Å². The monoisotopic (exact) mass is 481 g/mol. The zero-order valence-electron chi connectivity index (χ0n) is 18.3. The van der Waals surface area contributed by atoms with Crippen molar-refractivity contribution in [2.75, 3.05) is 6.54 Å². The number of nitrogens with zero attached hydrogens (tertiary/aromatic N) is 3. The summed E-state index contributed by atoms with van der Waals surface area (Å²) in [5.41, 5.74) is -0.0278. The highest BCUT2D eigenvalue weighted by atomic mass is 32.2. The minimum atomic E-state index is -0.628. The number of Topliss-reactive ketones (excluding diaryl/α,β-unsaturated/α-hetero) is 1. The molecule has 9 heteroatoms. The van der Waals surface area contributed by atoms with Gasteiger partial charge in [0.2, 0.25) is 5.88 Å². The van der Waals surface area contributed by atoms with Gasteiger partial charge in [-0.1, -0.05) is 74.1 Å². The van der Waals surface area contributed by atoms with Crippen LogP contribution in [0.1, 0.15) is 53.2 Å².